The van der Waals surface area contributed by atoms with Gasteiger partial charge < -0.3 is 5.32 Å². The summed E-state index contributed by atoms with van der Waals surface area (Å²) in [6.07, 6.45) is 1.51. The number of benzene rings is 2. The van der Waals surface area contributed by atoms with Gasteiger partial charge in [-0.2, -0.15) is 9.61 Å². The number of rotatable bonds is 4. The van der Waals surface area contributed by atoms with E-state index in [1.807, 2.05) is 6.07 Å². The van der Waals surface area contributed by atoms with Crippen LogP contribution >= 0.6 is 22.9 Å². The summed E-state index contributed by atoms with van der Waals surface area (Å²) < 4.78 is 1.57. The molecular weight excluding hydrogens is 392 g/mol. The zero-order valence-electron chi connectivity index (χ0n) is 13.4. The predicted molar refractivity (Wildman–Crippen MR) is 100 cm³/mol. The standard InChI is InChI=1S/C16H9ClN6O3S/c17-13-7-11(23(25)26)4-5-12(13)14(24)19-10-3-1-2-9(6-10)15-21-22-8-18-20-16(22)27-15/h1-8H,(H,19,24). The summed E-state index contributed by atoms with van der Waals surface area (Å²) in [4.78, 5) is 23.3. The molecular formula is C16H9ClN6O3S. The Hall–Kier alpha value is -3.37. The Morgan fingerprint density at radius 2 is 2.11 bits per heavy atom. The molecule has 1 amide bonds. The van der Waals surface area contributed by atoms with E-state index in [1.54, 1.807) is 22.7 Å². The Morgan fingerprint density at radius 1 is 1.26 bits per heavy atom. The van der Waals surface area contributed by atoms with Crippen molar-refractivity contribution < 1.29 is 9.72 Å². The summed E-state index contributed by atoms with van der Waals surface area (Å²) in [5.74, 6) is -0.467. The molecule has 2 aromatic carbocycles. The molecule has 0 radical (unpaired) electrons. The van der Waals surface area contributed by atoms with Crippen LogP contribution in [0.3, 0.4) is 0 Å². The third-order valence-electron chi connectivity index (χ3n) is 3.66. The molecule has 11 heteroatoms. The van der Waals surface area contributed by atoms with Gasteiger partial charge in [0.2, 0.25) is 4.96 Å². The van der Waals surface area contributed by atoms with Gasteiger partial charge in [-0.25, -0.2) is 0 Å². The average Bonchev–Trinajstić information content (AvgIpc) is 3.23. The molecule has 2 aromatic heterocycles. The fourth-order valence-electron chi connectivity index (χ4n) is 2.41. The molecule has 2 heterocycles. The minimum absolute atomic E-state index is 0.00602. The van der Waals surface area contributed by atoms with Crippen molar-refractivity contribution in [3.63, 3.8) is 0 Å². The number of carbonyl (C=O) groups is 1. The highest BCUT2D eigenvalue weighted by Crippen LogP contribution is 2.28. The van der Waals surface area contributed by atoms with Crippen molar-refractivity contribution in [1.29, 1.82) is 0 Å². The molecule has 0 saturated carbocycles. The average molecular weight is 401 g/mol. The first-order valence-corrected chi connectivity index (χ1v) is 8.73. The highest BCUT2D eigenvalue weighted by molar-refractivity contribution is 7.19. The van der Waals surface area contributed by atoms with E-state index in [0.29, 0.717) is 10.6 Å². The van der Waals surface area contributed by atoms with Crippen molar-refractivity contribution in [3.05, 3.63) is 69.5 Å². The second kappa shape index (κ2) is 6.74. The number of amides is 1. The number of fused-ring (bicyclic) bond motifs is 1. The Morgan fingerprint density at radius 3 is 2.85 bits per heavy atom. The van der Waals surface area contributed by atoms with E-state index >= 15 is 0 Å². The van der Waals surface area contributed by atoms with Gasteiger partial charge in [-0.05, 0) is 18.2 Å². The number of hydrogen-bond acceptors (Lipinski definition) is 7. The largest absolute Gasteiger partial charge is 0.322 e. The predicted octanol–water partition coefficient (Wildman–Crippen LogP) is 3.67. The van der Waals surface area contributed by atoms with Gasteiger partial charge in [-0.3, -0.25) is 14.9 Å². The van der Waals surface area contributed by atoms with Gasteiger partial charge in [-0.15, -0.1) is 10.2 Å². The van der Waals surface area contributed by atoms with Crippen molar-refractivity contribution >= 4 is 45.2 Å². The van der Waals surface area contributed by atoms with Crippen LogP contribution in [-0.4, -0.2) is 30.6 Å². The van der Waals surface area contributed by atoms with E-state index in [0.717, 1.165) is 16.6 Å². The number of hydrogen-bond donors (Lipinski definition) is 1. The number of nitro benzene ring substituents is 1. The van der Waals surface area contributed by atoms with Crippen molar-refractivity contribution in [1.82, 2.24) is 19.8 Å². The Bertz CT molecular complexity index is 1160. The van der Waals surface area contributed by atoms with Crippen LogP contribution in [0.15, 0.2) is 48.8 Å². The maximum absolute atomic E-state index is 12.5. The van der Waals surface area contributed by atoms with E-state index in [9.17, 15) is 14.9 Å². The monoisotopic (exact) mass is 400 g/mol. The first kappa shape index (κ1) is 17.1. The van der Waals surface area contributed by atoms with Crippen LogP contribution in [0.5, 0.6) is 0 Å². The lowest BCUT2D eigenvalue weighted by atomic mass is 10.1. The summed E-state index contributed by atoms with van der Waals surface area (Å²) in [7, 11) is 0. The van der Waals surface area contributed by atoms with Gasteiger partial charge in [0.05, 0.1) is 15.5 Å². The molecule has 0 bridgehead atoms. The molecule has 4 aromatic rings. The van der Waals surface area contributed by atoms with Gasteiger partial charge in [0.1, 0.15) is 11.3 Å². The fraction of sp³-hybridized carbons (Fsp3) is 0. The molecule has 0 aliphatic heterocycles. The zero-order valence-corrected chi connectivity index (χ0v) is 14.9. The van der Waals surface area contributed by atoms with E-state index in [1.165, 1.54) is 29.8 Å². The summed E-state index contributed by atoms with van der Waals surface area (Å²) in [6.45, 7) is 0. The first-order chi connectivity index (χ1) is 13.0. The molecule has 0 fully saturated rings. The minimum Gasteiger partial charge on any atom is -0.322 e. The highest BCUT2D eigenvalue weighted by Gasteiger charge is 2.16. The summed E-state index contributed by atoms with van der Waals surface area (Å²) in [5.41, 5.74) is 1.31. The molecule has 1 N–H and O–H groups in total. The lowest BCUT2D eigenvalue weighted by Gasteiger charge is -2.07. The summed E-state index contributed by atoms with van der Waals surface area (Å²) in [5, 5.41) is 26.3. The Kier molecular flexibility index (Phi) is 4.26. The number of nitrogens with one attached hydrogen (secondary N) is 1. The number of anilines is 1. The van der Waals surface area contributed by atoms with E-state index in [-0.39, 0.29) is 16.3 Å². The van der Waals surface area contributed by atoms with Crippen LogP contribution in [0.25, 0.3) is 15.5 Å². The van der Waals surface area contributed by atoms with Crippen molar-refractivity contribution in [2.75, 3.05) is 5.32 Å². The number of nitrogens with zero attached hydrogens (tertiary/aromatic N) is 5. The number of halogens is 1. The molecule has 0 atom stereocenters. The lowest BCUT2D eigenvalue weighted by Crippen LogP contribution is -2.12. The molecule has 0 aliphatic carbocycles. The highest BCUT2D eigenvalue weighted by atomic mass is 35.5. The second-order valence-corrected chi connectivity index (χ2v) is 6.78. The maximum atomic E-state index is 12.5. The first-order valence-electron chi connectivity index (χ1n) is 7.54. The van der Waals surface area contributed by atoms with Crippen LogP contribution in [0, 0.1) is 10.1 Å². The van der Waals surface area contributed by atoms with Crippen molar-refractivity contribution in [2.45, 2.75) is 0 Å². The Balaban J connectivity index is 1.58. The quantitative estimate of drug-likeness (QED) is 0.412. The lowest BCUT2D eigenvalue weighted by molar-refractivity contribution is -0.384. The normalized spacial score (nSPS) is 10.9. The molecule has 0 unspecified atom stereocenters. The molecule has 0 aliphatic rings. The van der Waals surface area contributed by atoms with Gasteiger partial charge in [-0.1, -0.05) is 35.1 Å². The van der Waals surface area contributed by atoms with Crippen molar-refractivity contribution in [2.24, 2.45) is 0 Å². The topological polar surface area (TPSA) is 115 Å². The molecule has 0 saturated heterocycles. The second-order valence-electron chi connectivity index (χ2n) is 5.42. The van der Waals surface area contributed by atoms with Crippen LogP contribution in [0.2, 0.25) is 5.02 Å². The number of carbonyl (C=O) groups excluding carboxylic acids is 1. The van der Waals surface area contributed by atoms with Gasteiger partial charge in [0.25, 0.3) is 11.6 Å². The Labute approximate surface area is 160 Å². The van der Waals surface area contributed by atoms with Crippen LogP contribution in [0.4, 0.5) is 11.4 Å². The molecule has 0 spiro atoms. The van der Waals surface area contributed by atoms with Gasteiger partial charge in [0.15, 0.2) is 0 Å². The van der Waals surface area contributed by atoms with E-state index in [2.05, 4.69) is 20.6 Å². The minimum atomic E-state index is -0.572. The van der Waals surface area contributed by atoms with E-state index in [4.69, 9.17) is 11.6 Å². The van der Waals surface area contributed by atoms with Crippen LogP contribution < -0.4 is 5.32 Å². The molecule has 9 nitrogen and oxygen atoms in total. The molecule has 4 rings (SSSR count). The number of aromatic nitrogens is 4. The van der Waals surface area contributed by atoms with Gasteiger partial charge >= 0.3 is 0 Å². The fourth-order valence-corrected chi connectivity index (χ4v) is 3.48. The van der Waals surface area contributed by atoms with Crippen LogP contribution in [0.1, 0.15) is 10.4 Å². The van der Waals surface area contributed by atoms with Crippen molar-refractivity contribution in [3.8, 4) is 10.6 Å². The summed E-state index contributed by atoms with van der Waals surface area (Å²) >= 11 is 7.37. The third kappa shape index (κ3) is 3.35. The van der Waals surface area contributed by atoms with E-state index < -0.39 is 10.8 Å². The number of non-ortho nitro benzene ring substituents is 1. The molecule has 27 heavy (non-hydrogen) atoms. The third-order valence-corrected chi connectivity index (χ3v) is 4.94. The zero-order chi connectivity index (χ0) is 19.0. The molecule has 134 valence electrons. The van der Waals surface area contributed by atoms with Crippen LogP contribution in [-0.2, 0) is 0 Å². The van der Waals surface area contributed by atoms with Gasteiger partial charge in [0, 0.05) is 23.4 Å². The summed E-state index contributed by atoms with van der Waals surface area (Å²) in [6, 6.07) is 10.8. The smallest absolute Gasteiger partial charge is 0.270 e. The number of nitro groups is 1. The SMILES string of the molecule is O=C(Nc1cccc(-c2nn3cnnc3s2)c1)c1ccc([N+](=O)[O-])cc1Cl. The maximum Gasteiger partial charge on any atom is 0.270 e.